The van der Waals surface area contributed by atoms with Crippen LogP contribution in [-0.2, 0) is 11.2 Å². The molecule has 0 fully saturated rings. The fourth-order valence-corrected chi connectivity index (χ4v) is 1.46. The predicted octanol–water partition coefficient (Wildman–Crippen LogP) is 2.30. The average molecular weight is 266 g/mol. The minimum atomic E-state index is -1.82. The molecule has 0 spiro atoms. The molecule has 0 unspecified atom stereocenters. The summed E-state index contributed by atoms with van der Waals surface area (Å²) in [6.45, 7) is 0.417. The van der Waals surface area contributed by atoms with Gasteiger partial charge in [0.25, 0.3) is 0 Å². The third-order valence-electron chi connectivity index (χ3n) is 2.25. The Kier molecular flexibility index (Phi) is 4.66. The minimum Gasteiger partial charge on any atom is -0.435 e. The molecule has 18 heavy (non-hydrogen) atoms. The van der Waals surface area contributed by atoms with E-state index in [-0.39, 0.29) is 12.8 Å². The number of hydrogen-bond acceptors (Lipinski definition) is 3. The molecule has 1 rings (SSSR count). The summed E-state index contributed by atoms with van der Waals surface area (Å²) in [5.74, 6) is -8.57. The van der Waals surface area contributed by atoms with E-state index in [1.807, 2.05) is 0 Å². The molecule has 3 nitrogen and oxygen atoms in total. The molecule has 0 saturated carbocycles. The van der Waals surface area contributed by atoms with Gasteiger partial charge in [0.05, 0.1) is 0 Å². The Morgan fingerprint density at radius 3 is 2.00 bits per heavy atom. The Morgan fingerprint density at radius 1 is 1.11 bits per heavy atom. The second-order valence-electron chi connectivity index (χ2n) is 3.42. The smallest absolute Gasteiger partial charge is 0.346 e. The fraction of sp³-hybridized carbons (Fsp3) is 0.364. The molecule has 0 aromatic heterocycles. The second-order valence-corrected chi connectivity index (χ2v) is 3.42. The lowest BCUT2D eigenvalue weighted by molar-refractivity contribution is 0.00571. The monoisotopic (exact) mass is 266 g/mol. The number of benzene rings is 1. The van der Waals surface area contributed by atoms with Crippen LogP contribution in [0.1, 0.15) is 29.3 Å². The molecule has 1 N–H and O–H groups in total. The molecule has 0 aliphatic heterocycles. The molecule has 0 heterocycles. The number of hydrogen-bond donors (Lipinski definition) is 1. The van der Waals surface area contributed by atoms with Crippen LogP contribution in [0, 0.1) is 23.3 Å². The number of esters is 1. The molecular formula is C11H10F4O3. The van der Waals surface area contributed by atoms with E-state index in [0.29, 0.717) is 0 Å². The molecule has 0 radical (unpaired) electrons. The molecule has 0 amide bonds. The number of ether oxygens (including phenoxy) is 1. The van der Waals surface area contributed by atoms with Crippen LogP contribution < -0.4 is 0 Å². The highest BCUT2D eigenvalue weighted by atomic mass is 19.2. The molecular weight excluding hydrogens is 256 g/mol. The van der Waals surface area contributed by atoms with Gasteiger partial charge in [-0.1, -0.05) is 13.3 Å². The first-order chi connectivity index (χ1) is 8.45. The first-order valence-corrected chi connectivity index (χ1v) is 5.08. The van der Waals surface area contributed by atoms with Crippen molar-refractivity contribution in [3.05, 3.63) is 34.4 Å². The van der Waals surface area contributed by atoms with Gasteiger partial charge in [-0.3, -0.25) is 0 Å². The Labute approximate surface area is 100.0 Å². The van der Waals surface area contributed by atoms with Crippen molar-refractivity contribution >= 4 is 5.97 Å². The second kappa shape index (κ2) is 5.81. The van der Waals surface area contributed by atoms with E-state index in [2.05, 4.69) is 4.74 Å². The normalized spacial score (nSPS) is 10.6. The number of halogens is 4. The quantitative estimate of drug-likeness (QED) is 0.393. The third kappa shape index (κ3) is 2.45. The molecule has 0 aliphatic rings. The summed E-state index contributed by atoms with van der Waals surface area (Å²) in [6.07, 6.45) is 0.0635. The van der Waals surface area contributed by atoms with Crippen LogP contribution in [0.2, 0.25) is 0 Å². The van der Waals surface area contributed by atoms with Crippen molar-refractivity contribution in [2.75, 3.05) is 6.79 Å². The van der Waals surface area contributed by atoms with Gasteiger partial charge < -0.3 is 9.84 Å². The van der Waals surface area contributed by atoms with E-state index in [0.717, 1.165) is 0 Å². The number of carbonyl (C=O) groups excluding carboxylic acids is 1. The van der Waals surface area contributed by atoms with Crippen molar-refractivity contribution in [3.8, 4) is 0 Å². The van der Waals surface area contributed by atoms with E-state index >= 15 is 0 Å². The lowest BCUT2D eigenvalue weighted by Crippen LogP contribution is -2.16. The van der Waals surface area contributed by atoms with E-state index in [9.17, 15) is 22.4 Å². The molecule has 0 bridgehead atoms. The van der Waals surface area contributed by atoms with Crippen LogP contribution in [-0.4, -0.2) is 17.9 Å². The summed E-state index contributed by atoms with van der Waals surface area (Å²) in [4.78, 5) is 11.1. The zero-order chi connectivity index (χ0) is 13.9. The Balaban J connectivity index is 3.43. The van der Waals surface area contributed by atoms with Gasteiger partial charge in [0.1, 0.15) is 5.56 Å². The maximum Gasteiger partial charge on any atom is 0.346 e. The molecule has 0 saturated heterocycles. The largest absolute Gasteiger partial charge is 0.435 e. The Hall–Kier alpha value is -1.63. The van der Waals surface area contributed by atoms with Gasteiger partial charge in [0.2, 0.25) is 0 Å². The SMILES string of the molecule is CCCc1c(F)c(F)c(C(=O)OCO)c(F)c1F. The molecule has 1 aromatic rings. The standard InChI is InChI=1S/C11H10F4O3/c1-2-3-5-7(12)9(14)6(10(15)8(5)13)11(17)18-4-16/h16H,2-4H2,1H3. The van der Waals surface area contributed by atoms with E-state index in [1.165, 1.54) is 0 Å². The van der Waals surface area contributed by atoms with Crippen molar-refractivity contribution < 1.29 is 32.2 Å². The van der Waals surface area contributed by atoms with Crippen LogP contribution in [0.4, 0.5) is 17.6 Å². The maximum atomic E-state index is 13.4. The topological polar surface area (TPSA) is 46.5 Å². The van der Waals surface area contributed by atoms with Gasteiger partial charge >= 0.3 is 5.97 Å². The average Bonchev–Trinajstić information content (AvgIpc) is 2.33. The highest BCUT2D eigenvalue weighted by Gasteiger charge is 2.29. The highest BCUT2D eigenvalue weighted by molar-refractivity contribution is 5.90. The van der Waals surface area contributed by atoms with E-state index < -0.39 is 47.2 Å². The summed E-state index contributed by atoms with van der Waals surface area (Å²) in [5.41, 5.74) is -2.24. The summed E-state index contributed by atoms with van der Waals surface area (Å²) in [5, 5.41) is 8.28. The van der Waals surface area contributed by atoms with Crippen molar-refractivity contribution in [2.24, 2.45) is 0 Å². The predicted molar refractivity (Wildman–Crippen MR) is 52.8 cm³/mol. The summed E-state index contributed by atoms with van der Waals surface area (Å²) >= 11 is 0. The van der Waals surface area contributed by atoms with Gasteiger partial charge in [-0.25, -0.2) is 22.4 Å². The van der Waals surface area contributed by atoms with Crippen LogP contribution >= 0.6 is 0 Å². The van der Waals surface area contributed by atoms with Crippen molar-refractivity contribution in [1.82, 2.24) is 0 Å². The third-order valence-corrected chi connectivity index (χ3v) is 2.25. The number of aliphatic hydroxyl groups excluding tert-OH is 1. The van der Waals surface area contributed by atoms with Crippen LogP contribution in [0.3, 0.4) is 0 Å². The van der Waals surface area contributed by atoms with Gasteiger partial charge in [0.15, 0.2) is 30.1 Å². The molecule has 0 aliphatic carbocycles. The van der Waals surface area contributed by atoms with Crippen LogP contribution in [0.15, 0.2) is 0 Å². The molecule has 100 valence electrons. The van der Waals surface area contributed by atoms with Crippen molar-refractivity contribution in [3.63, 3.8) is 0 Å². The van der Waals surface area contributed by atoms with Crippen molar-refractivity contribution in [1.29, 1.82) is 0 Å². The molecule has 0 atom stereocenters. The van der Waals surface area contributed by atoms with Crippen molar-refractivity contribution in [2.45, 2.75) is 19.8 Å². The number of aliphatic hydroxyl groups is 1. The maximum absolute atomic E-state index is 13.4. The van der Waals surface area contributed by atoms with E-state index in [1.54, 1.807) is 6.92 Å². The Morgan fingerprint density at radius 2 is 1.61 bits per heavy atom. The zero-order valence-electron chi connectivity index (χ0n) is 9.40. The fourth-order valence-electron chi connectivity index (χ4n) is 1.46. The van der Waals surface area contributed by atoms with Crippen LogP contribution in [0.25, 0.3) is 0 Å². The van der Waals surface area contributed by atoms with Crippen LogP contribution in [0.5, 0.6) is 0 Å². The Bertz CT molecular complexity index is 445. The van der Waals surface area contributed by atoms with E-state index in [4.69, 9.17) is 5.11 Å². The number of carbonyl (C=O) groups is 1. The lowest BCUT2D eigenvalue weighted by atomic mass is 10.0. The molecule has 7 heteroatoms. The summed E-state index contributed by atoms with van der Waals surface area (Å²) in [6, 6.07) is 0. The van der Waals surface area contributed by atoms with Gasteiger partial charge in [-0.05, 0) is 6.42 Å². The highest BCUT2D eigenvalue weighted by Crippen LogP contribution is 2.25. The summed E-state index contributed by atoms with van der Waals surface area (Å²) < 4.78 is 57.7. The number of rotatable bonds is 4. The summed E-state index contributed by atoms with van der Waals surface area (Å²) in [7, 11) is 0. The first-order valence-electron chi connectivity index (χ1n) is 5.08. The van der Waals surface area contributed by atoms with Gasteiger partial charge in [-0.2, -0.15) is 0 Å². The minimum absolute atomic E-state index is 0.208. The zero-order valence-corrected chi connectivity index (χ0v) is 9.40. The lowest BCUT2D eigenvalue weighted by Gasteiger charge is -2.10. The molecule has 1 aromatic carbocycles. The first kappa shape index (κ1) is 14.4. The van der Waals surface area contributed by atoms with Gasteiger partial charge in [-0.15, -0.1) is 0 Å². The van der Waals surface area contributed by atoms with Gasteiger partial charge in [0, 0.05) is 5.56 Å².